The van der Waals surface area contributed by atoms with Crippen LogP contribution in [0, 0.1) is 0 Å². The van der Waals surface area contributed by atoms with Crippen molar-refractivity contribution in [1.29, 1.82) is 0 Å². The average Bonchev–Trinajstić information content (AvgIpc) is 2.50. The highest BCUT2D eigenvalue weighted by molar-refractivity contribution is 8.00. The van der Waals surface area contributed by atoms with Gasteiger partial charge in [-0.1, -0.05) is 0 Å². The van der Waals surface area contributed by atoms with Crippen molar-refractivity contribution in [3.63, 3.8) is 0 Å². The van der Waals surface area contributed by atoms with E-state index >= 15 is 0 Å². The highest BCUT2D eigenvalue weighted by atomic mass is 32.2. The number of thioether (sulfide) groups is 1. The molecule has 0 fully saturated rings. The summed E-state index contributed by atoms with van der Waals surface area (Å²) in [4.78, 5) is 11.6. The maximum atomic E-state index is 10.7. The summed E-state index contributed by atoms with van der Waals surface area (Å²) in [5, 5.41) is 0. The molecule has 1 aromatic rings. The molecule has 0 atom stereocenters. The van der Waals surface area contributed by atoms with Gasteiger partial charge >= 0.3 is 0 Å². The Labute approximate surface area is 98.1 Å². The number of rotatable bonds is 3. The minimum absolute atomic E-state index is 0.277. The molecule has 0 aromatic heterocycles. The lowest BCUT2D eigenvalue weighted by atomic mass is 10.3. The van der Waals surface area contributed by atoms with E-state index in [1.807, 2.05) is 18.2 Å². The molecule has 1 aliphatic rings. The minimum atomic E-state index is -0.322. The Morgan fingerprint density at radius 3 is 2.81 bits per heavy atom. The van der Waals surface area contributed by atoms with Crippen molar-refractivity contribution >= 4 is 17.7 Å². The number of hydrogen-bond donors (Lipinski definition) is 1. The first-order chi connectivity index (χ1) is 7.75. The lowest BCUT2D eigenvalue weighted by molar-refractivity contribution is -0.115. The number of fused-ring (bicyclic) bond motifs is 1. The van der Waals surface area contributed by atoms with Gasteiger partial charge in [-0.15, -0.1) is 11.8 Å². The molecule has 86 valence electrons. The molecule has 0 spiro atoms. The lowest BCUT2D eigenvalue weighted by Crippen LogP contribution is -2.12. The van der Waals surface area contributed by atoms with E-state index in [1.54, 1.807) is 0 Å². The van der Waals surface area contributed by atoms with Gasteiger partial charge in [0.15, 0.2) is 11.5 Å². The molecule has 5 heteroatoms. The smallest absolute Gasteiger partial charge is 0.227 e. The second-order valence-electron chi connectivity index (χ2n) is 3.41. The van der Waals surface area contributed by atoms with Crippen LogP contribution in [0.1, 0.15) is 6.42 Å². The Balaban J connectivity index is 2.11. The number of nitrogens with two attached hydrogens (primary N) is 1. The third-order valence-electron chi connectivity index (χ3n) is 2.10. The number of carbonyl (C=O) groups excluding carboxylic acids is 1. The standard InChI is InChI=1S/C11H13NO3S/c12-11(13)7-16-8-2-3-9-10(6-8)15-5-1-4-14-9/h2-3,6H,1,4-5,7H2,(H2,12,13). The zero-order chi connectivity index (χ0) is 11.4. The first-order valence-corrected chi connectivity index (χ1v) is 6.05. The Kier molecular flexibility index (Phi) is 3.56. The van der Waals surface area contributed by atoms with Gasteiger partial charge in [0.2, 0.25) is 5.91 Å². The van der Waals surface area contributed by atoms with Gasteiger partial charge in [0.1, 0.15) is 0 Å². The van der Waals surface area contributed by atoms with Crippen molar-refractivity contribution in [3.05, 3.63) is 18.2 Å². The highest BCUT2D eigenvalue weighted by Crippen LogP contribution is 2.33. The van der Waals surface area contributed by atoms with Crippen LogP contribution < -0.4 is 15.2 Å². The molecule has 4 nitrogen and oxygen atoms in total. The average molecular weight is 239 g/mol. The molecule has 0 saturated carbocycles. The molecule has 0 aliphatic carbocycles. The van der Waals surface area contributed by atoms with Crippen LogP contribution >= 0.6 is 11.8 Å². The summed E-state index contributed by atoms with van der Waals surface area (Å²) in [6, 6.07) is 5.65. The van der Waals surface area contributed by atoms with Crippen LogP contribution in [0.25, 0.3) is 0 Å². The molecule has 0 saturated heterocycles. The monoisotopic (exact) mass is 239 g/mol. The molecule has 0 bridgehead atoms. The predicted molar refractivity (Wildman–Crippen MR) is 62.0 cm³/mol. The Morgan fingerprint density at radius 1 is 1.31 bits per heavy atom. The number of primary amides is 1. The lowest BCUT2D eigenvalue weighted by Gasteiger charge is -2.08. The molecular weight excluding hydrogens is 226 g/mol. The van der Waals surface area contributed by atoms with Crippen molar-refractivity contribution in [3.8, 4) is 11.5 Å². The van der Waals surface area contributed by atoms with Crippen LogP contribution in [0.3, 0.4) is 0 Å². The van der Waals surface area contributed by atoms with Crippen molar-refractivity contribution < 1.29 is 14.3 Å². The zero-order valence-corrected chi connectivity index (χ0v) is 9.59. The Hall–Kier alpha value is -1.36. The fraction of sp³-hybridized carbons (Fsp3) is 0.364. The van der Waals surface area contributed by atoms with Crippen molar-refractivity contribution in [2.75, 3.05) is 19.0 Å². The van der Waals surface area contributed by atoms with Crippen LogP contribution in [0.2, 0.25) is 0 Å². The molecule has 1 amide bonds. The largest absolute Gasteiger partial charge is 0.490 e. The predicted octanol–water partition coefficient (Wildman–Crippen LogP) is 1.43. The summed E-state index contributed by atoms with van der Waals surface area (Å²) < 4.78 is 11.0. The topological polar surface area (TPSA) is 61.6 Å². The van der Waals surface area contributed by atoms with Gasteiger partial charge in [0.05, 0.1) is 19.0 Å². The third-order valence-corrected chi connectivity index (χ3v) is 3.12. The van der Waals surface area contributed by atoms with E-state index in [9.17, 15) is 4.79 Å². The number of benzene rings is 1. The van der Waals surface area contributed by atoms with Gasteiger partial charge in [-0.3, -0.25) is 4.79 Å². The summed E-state index contributed by atoms with van der Waals surface area (Å²) in [6.45, 7) is 1.34. The SMILES string of the molecule is NC(=O)CSc1ccc2c(c1)OCCCO2. The fourth-order valence-corrected chi connectivity index (χ4v) is 2.05. The summed E-state index contributed by atoms with van der Waals surface area (Å²) in [7, 11) is 0. The molecule has 0 radical (unpaired) electrons. The molecule has 1 aromatic carbocycles. The van der Waals surface area contributed by atoms with Crippen LogP contribution in [-0.2, 0) is 4.79 Å². The third kappa shape index (κ3) is 2.82. The van der Waals surface area contributed by atoms with E-state index in [0.29, 0.717) is 13.2 Å². The van der Waals surface area contributed by atoms with Gasteiger partial charge in [0.25, 0.3) is 0 Å². The molecule has 0 unspecified atom stereocenters. The van der Waals surface area contributed by atoms with Crippen molar-refractivity contribution in [2.45, 2.75) is 11.3 Å². The maximum Gasteiger partial charge on any atom is 0.227 e. The van der Waals surface area contributed by atoms with Crippen LogP contribution in [0.5, 0.6) is 11.5 Å². The van der Waals surface area contributed by atoms with E-state index in [2.05, 4.69) is 0 Å². The summed E-state index contributed by atoms with van der Waals surface area (Å²) in [6.07, 6.45) is 0.887. The summed E-state index contributed by atoms with van der Waals surface area (Å²) >= 11 is 1.40. The fourth-order valence-electron chi connectivity index (χ4n) is 1.39. The zero-order valence-electron chi connectivity index (χ0n) is 8.77. The van der Waals surface area contributed by atoms with E-state index < -0.39 is 0 Å². The summed E-state index contributed by atoms with van der Waals surface area (Å²) in [5.41, 5.74) is 5.09. The quantitative estimate of drug-likeness (QED) is 0.810. The normalized spacial score (nSPS) is 14.2. The van der Waals surface area contributed by atoms with E-state index in [4.69, 9.17) is 15.2 Å². The van der Waals surface area contributed by atoms with Gasteiger partial charge in [0, 0.05) is 11.3 Å². The minimum Gasteiger partial charge on any atom is -0.490 e. The first kappa shape index (κ1) is 11.1. The van der Waals surface area contributed by atoms with Gasteiger partial charge in [-0.2, -0.15) is 0 Å². The number of carbonyl (C=O) groups is 1. The van der Waals surface area contributed by atoms with E-state index in [-0.39, 0.29) is 11.7 Å². The van der Waals surface area contributed by atoms with Crippen LogP contribution in [-0.4, -0.2) is 24.9 Å². The highest BCUT2D eigenvalue weighted by Gasteiger charge is 2.10. The number of hydrogen-bond acceptors (Lipinski definition) is 4. The van der Waals surface area contributed by atoms with Crippen molar-refractivity contribution in [2.24, 2.45) is 5.73 Å². The molecule has 1 aliphatic heterocycles. The van der Waals surface area contributed by atoms with Crippen LogP contribution in [0.15, 0.2) is 23.1 Å². The van der Waals surface area contributed by atoms with E-state index in [0.717, 1.165) is 22.8 Å². The van der Waals surface area contributed by atoms with Crippen molar-refractivity contribution in [1.82, 2.24) is 0 Å². The molecular formula is C11H13NO3S. The molecule has 16 heavy (non-hydrogen) atoms. The molecule has 2 rings (SSSR count). The van der Waals surface area contributed by atoms with Crippen LogP contribution in [0.4, 0.5) is 0 Å². The second kappa shape index (κ2) is 5.12. The van der Waals surface area contributed by atoms with Gasteiger partial charge < -0.3 is 15.2 Å². The first-order valence-electron chi connectivity index (χ1n) is 5.06. The van der Waals surface area contributed by atoms with Gasteiger partial charge in [-0.25, -0.2) is 0 Å². The maximum absolute atomic E-state index is 10.7. The van der Waals surface area contributed by atoms with Gasteiger partial charge in [-0.05, 0) is 18.2 Å². The Bertz CT molecular complexity index is 395. The summed E-state index contributed by atoms with van der Waals surface area (Å²) in [5.74, 6) is 1.46. The number of ether oxygens (including phenoxy) is 2. The number of amides is 1. The molecule has 2 N–H and O–H groups in total. The molecule has 1 heterocycles. The second-order valence-corrected chi connectivity index (χ2v) is 4.46. The Morgan fingerprint density at radius 2 is 2.06 bits per heavy atom. The van der Waals surface area contributed by atoms with E-state index in [1.165, 1.54) is 11.8 Å².